The highest BCUT2D eigenvalue weighted by Crippen LogP contribution is 2.33. The Labute approximate surface area is 130 Å². The van der Waals surface area contributed by atoms with Crippen LogP contribution in [0.2, 0.25) is 0 Å². The number of nitriles is 1. The molecule has 0 saturated heterocycles. The van der Waals surface area contributed by atoms with Crippen molar-refractivity contribution in [1.82, 2.24) is 4.90 Å². The van der Waals surface area contributed by atoms with E-state index in [-0.39, 0.29) is 0 Å². The lowest BCUT2D eigenvalue weighted by atomic mass is 10.0. The van der Waals surface area contributed by atoms with Gasteiger partial charge in [0.2, 0.25) is 0 Å². The summed E-state index contributed by atoms with van der Waals surface area (Å²) in [5.41, 5.74) is 1.49. The van der Waals surface area contributed by atoms with Gasteiger partial charge >= 0.3 is 6.09 Å². The molecule has 0 saturated carbocycles. The van der Waals surface area contributed by atoms with Crippen LogP contribution in [0.1, 0.15) is 32.8 Å². The van der Waals surface area contributed by atoms with Gasteiger partial charge in [0.05, 0.1) is 7.11 Å². The second-order valence-corrected chi connectivity index (χ2v) is 6.05. The number of amides is 1. The summed E-state index contributed by atoms with van der Waals surface area (Å²) in [5, 5.41) is 9.45. The molecule has 22 heavy (non-hydrogen) atoms. The van der Waals surface area contributed by atoms with Crippen LogP contribution in [-0.2, 0) is 4.74 Å². The van der Waals surface area contributed by atoms with Gasteiger partial charge in [0, 0.05) is 6.54 Å². The highest BCUT2D eigenvalue weighted by atomic mass is 16.6. The minimum absolute atomic E-state index is 0.350. The number of carbonyl (C=O) groups excluding carboxylic acids is 1. The molecule has 5 heteroatoms. The Morgan fingerprint density at radius 1 is 1.36 bits per heavy atom. The van der Waals surface area contributed by atoms with Crippen LogP contribution >= 0.6 is 0 Å². The molecule has 1 aromatic carbocycles. The summed E-state index contributed by atoms with van der Waals surface area (Å²) < 4.78 is 10.6. The summed E-state index contributed by atoms with van der Waals surface area (Å²) in [6, 6.07) is 9.62. The number of benzene rings is 1. The van der Waals surface area contributed by atoms with E-state index in [0.717, 1.165) is 16.9 Å². The van der Waals surface area contributed by atoms with E-state index in [1.165, 1.54) is 4.90 Å². The molecule has 116 valence electrons. The predicted molar refractivity (Wildman–Crippen MR) is 83.1 cm³/mol. The average Bonchev–Trinajstić information content (AvgIpc) is 2.89. The van der Waals surface area contributed by atoms with Crippen LogP contribution in [0.15, 0.2) is 30.0 Å². The molecule has 1 amide bonds. The predicted octanol–water partition coefficient (Wildman–Crippen LogP) is 3.57. The molecule has 1 aromatic rings. The standard InChI is InChI=1S/C17H20N2O3/c1-17(2,3)22-16(20)19-9-8-14(15(19)11-18)12-6-5-7-13(10-12)21-4/h5-7,10H,8-9H2,1-4H3. The quantitative estimate of drug-likeness (QED) is 0.837. The summed E-state index contributed by atoms with van der Waals surface area (Å²) >= 11 is 0. The Kier molecular flexibility index (Phi) is 4.41. The number of hydrogen-bond acceptors (Lipinski definition) is 4. The lowest BCUT2D eigenvalue weighted by molar-refractivity contribution is 0.0337. The summed E-state index contributed by atoms with van der Waals surface area (Å²) in [4.78, 5) is 13.6. The first-order valence-corrected chi connectivity index (χ1v) is 7.14. The van der Waals surface area contributed by atoms with Crippen LogP contribution in [0.4, 0.5) is 4.79 Å². The van der Waals surface area contributed by atoms with E-state index >= 15 is 0 Å². The maximum Gasteiger partial charge on any atom is 0.415 e. The number of ether oxygens (including phenoxy) is 2. The molecule has 0 atom stereocenters. The van der Waals surface area contributed by atoms with Crippen LogP contribution in [0.5, 0.6) is 5.75 Å². The van der Waals surface area contributed by atoms with Gasteiger partial charge in [-0.1, -0.05) is 12.1 Å². The second-order valence-electron chi connectivity index (χ2n) is 6.05. The number of methoxy groups -OCH3 is 1. The van der Waals surface area contributed by atoms with Crippen molar-refractivity contribution in [3.63, 3.8) is 0 Å². The van der Waals surface area contributed by atoms with Gasteiger partial charge in [-0.15, -0.1) is 0 Å². The van der Waals surface area contributed by atoms with Crippen LogP contribution in [0, 0.1) is 11.3 Å². The van der Waals surface area contributed by atoms with Crippen molar-refractivity contribution in [2.45, 2.75) is 32.8 Å². The second kappa shape index (κ2) is 6.10. The lowest BCUT2D eigenvalue weighted by Crippen LogP contribution is -2.34. The van der Waals surface area contributed by atoms with Crippen molar-refractivity contribution in [2.75, 3.05) is 13.7 Å². The fourth-order valence-corrected chi connectivity index (χ4v) is 2.34. The Balaban J connectivity index is 2.33. The monoisotopic (exact) mass is 300 g/mol. The van der Waals surface area contributed by atoms with Gasteiger partial charge in [-0.05, 0) is 50.5 Å². The first-order chi connectivity index (χ1) is 10.4. The van der Waals surface area contributed by atoms with Gasteiger partial charge in [-0.2, -0.15) is 5.26 Å². The zero-order valence-electron chi connectivity index (χ0n) is 13.3. The van der Waals surface area contributed by atoms with Crippen molar-refractivity contribution >= 4 is 11.7 Å². The topological polar surface area (TPSA) is 62.6 Å². The molecule has 0 N–H and O–H groups in total. The third-order valence-corrected chi connectivity index (χ3v) is 3.28. The Morgan fingerprint density at radius 3 is 2.68 bits per heavy atom. The Morgan fingerprint density at radius 2 is 2.09 bits per heavy atom. The number of rotatable bonds is 2. The van der Waals surface area contributed by atoms with E-state index in [1.54, 1.807) is 27.9 Å². The highest BCUT2D eigenvalue weighted by Gasteiger charge is 2.31. The van der Waals surface area contributed by atoms with Gasteiger partial charge in [0.1, 0.15) is 23.1 Å². The lowest BCUT2D eigenvalue weighted by Gasteiger charge is -2.24. The first-order valence-electron chi connectivity index (χ1n) is 7.14. The fourth-order valence-electron chi connectivity index (χ4n) is 2.34. The SMILES string of the molecule is COc1cccc(C2=C(C#N)N(C(=O)OC(C)(C)C)CC2)c1. The third-order valence-electron chi connectivity index (χ3n) is 3.28. The summed E-state index contributed by atoms with van der Waals surface area (Å²) in [6.07, 6.45) is 0.136. The van der Waals surface area contributed by atoms with Crippen LogP contribution in [0.25, 0.3) is 5.57 Å². The normalized spacial score (nSPS) is 14.8. The highest BCUT2D eigenvalue weighted by molar-refractivity contribution is 5.82. The van der Waals surface area contributed by atoms with E-state index < -0.39 is 11.7 Å². The molecule has 0 radical (unpaired) electrons. The van der Waals surface area contributed by atoms with Crippen LogP contribution < -0.4 is 4.74 Å². The van der Waals surface area contributed by atoms with Crippen molar-refractivity contribution in [3.8, 4) is 11.8 Å². The van der Waals surface area contributed by atoms with E-state index in [9.17, 15) is 10.1 Å². The molecule has 0 spiro atoms. The number of hydrogen-bond donors (Lipinski definition) is 0. The molecule has 1 heterocycles. The molecule has 1 aliphatic rings. The molecule has 0 aromatic heterocycles. The molecule has 0 aliphatic carbocycles. The fraction of sp³-hybridized carbons (Fsp3) is 0.412. The molecule has 1 aliphatic heterocycles. The summed E-state index contributed by atoms with van der Waals surface area (Å²) in [7, 11) is 1.60. The smallest absolute Gasteiger partial charge is 0.415 e. The van der Waals surface area contributed by atoms with Crippen LogP contribution in [0.3, 0.4) is 0 Å². The van der Waals surface area contributed by atoms with Gasteiger partial charge in [0.15, 0.2) is 0 Å². The molecule has 5 nitrogen and oxygen atoms in total. The molecule has 0 fully saturated rings. The van der Waals surface area contributed by atoms with Gasteiger partial charge < -0.3 is 9.47 Å². The number of nitrogens with zero attached hydrogens (tertiary/aromatic N) is 2. The van der Waals surface area contributed by atoms with E-state index in [2.05, 4.69) is 6.07 Å². The summed E-state index contributed by atoms with van der Waals surface area (Å²) in [6.45, 7) is 5.86. The molecule has 0 unspecified atom stereocenters. The largest absolute Gasteiger partial charge is 0.497 e. The first kappa shape index (κ1) is 15.9. The number of allylic oxidation sites excluding steroid dienone is 1. The minimum Gasteiger partial charge on any atom is -0.497 e. The minimum atomic E-state index is -0.587. The molecular weight excluding hydrogens is 280 g/mol. The zero-order chi connectivity index (χ0) is 16.3. The summed E-state index contributed by atoms with van der Waals surface area (Å²) in [5.74, 6) is 0.720. The maximum absolute atomic E-state index is 12.2. The van der Waals surface area contributed by atoms with Crippen molar-refractivity contribution in [2.24, 2.45) is 0 Å². The third kappa shape index (κ3) is 3.40. The maximum atomic E-state index is 12.2. The van der Waals surface area contributed by atoms with Crippen molar-refractivity contribution in [3.05, 3.63) is 35.5 Å². The van der Waals surface area contributed by atoms with Gasteiger partial charge in [0.25, 0.3) is 0 Å². The average molecular weight is 300 g/mol. The van der Waals surface area contributed by atoms with Crippen LogP contribution in [-0.4, -0.2) is 30.2 Å². The van der Waals surface area contributed by atoms with Crippen molar-refractivity contribution < 1.29 is 14.3 Å². The van der Waals surface area contributed by atoms with E-state index in [1.807, 2.05) is 24.3 Å². The molecular formula is C17H20N2O3. The number of carbonyl (C=O) groups is 1. The van der Waals surface area contributed by atoms with Gasteiger partial charge in [-0.3, -0.25) is 4.90 Å². The molecule has 2 rings (SSSR count). The van der Waals surface area contributed by atoms with E-state index in [0.29, 0.717) is 18.7 Å². The van der Waals surface area contributed by atoms with E-state index in [4.69, 9.17) is 9.47 Å². The van der Waals surface area contributed by atoms with Gasteiger partial charge in [-0.25, -0.2) is 4.79 Å². The van der Waals surface area contributed by atoms with Crippen molar-refractivity contribution in [1.29, 1.82) is 5.26 Å². The Hall–Kier alpha value is -2.48. The Bertz CT molecular complexity index is 651. The molecule has 0 bridgehead atoms. The zero-order valence-corrected chi connectivity index (χ0v) is 13.3.